The first-order valence-electron chi connectivity index (χ1n) is 7.14. The third-order valence-corrected chi connectivity index (χ3v) is 3.25. The van der Waals surface area contributed by atoms with Crippen molar-refractivity contribution in [3.8, 4) is 5.75 Å². The topological polar surface area (TPSA) is 81.4 Å². The molecule has 24 heavy (non-hydrogen) atoms. The van der Waals surface area contributed by atoms with E-state index in [9.17, 15) is 18.4 Å². The molecule has 2 amide bonds. The van der Waals surface area contributed by atoms with E-state index in [-0.39, 0.29) is 17.9 Å². The van der Waals surface area contributed by atoms with Crippen LogP contribution in [0.2, 0.25) is 0 Å². The van der Waals surface area contributed by atoms with Crippen LogP contribution in [-0.4, -0.2) is 17.9 Å². The summed E-state index contributed by atoms with van der Waals surface area (Å²) in [5.74, 6) is -2.48. The number of nitrogens with two attached hydrogens (primary N) is 1. The van der Waals surface area contributed by atoms with Crippen LogP contribution in [0.1, 0.15) is 22.8 Å². The highest BCUT2D eigenvalue weighted by atomic mass is 19.1. The Morgan fingerprint density at radius 3 is 2.58 bits per heavy atom. The lowest BCUT2D eigenvalue weighted by molar-refractivity contribution is -0.119. The van der Waals surface area contributed by atoms with Crippen molar-refractivity contribution in [1.29, 1.82) is 0 Å². The average molecular weight is 334 g/mol. The summed E-state index contributed by atoms with van der Waals surface area (Å²) in [6.07, 6.45) is 0. The highest BCUT2D eigenvalue weighted by Crippen LogP contribution is 2.18. The van der Waals surface area contributed by atoms with Crippen LogP contribution in [0.5, 0.6) is 5.75 Å². The smallest absolute Gasteiger partial charge is 0.254 e. The molecule has 3 N–H and O–H groups in total. The lowest BCUT2D eigenvalue weighted by Crippen LogP contribution is -2.42. The van der Waals surface area contributed by atoms with E-state index in [2.05, 4.69) is 5.32 Å². The number of carbonyl (C=O) groups is 2. The number of benzene rings is 2. The molecule has 0 unspecified atom stereocenters. The molecule has 0 radical (unpaired) electrons. The van der Waals surface area contributed by atoms with Gasteiger partial charge < -0.3 is 15.8 Å². The van der Waals surface area contributed by atoms with Gasteiger partial charge in [0.25, 0.3) is 5.91 Å². The molecule has 0 saturated carbocycles. The first-order chi connectivity index (χ1) is 11.4. The monoisotopic (exact) mass is 334 g/mol. The SMILES string of the molecule is C[C@H](NC(=O)c1ccc(OCc2cccc(F)c2)cc1F)C(N)=O. The van der Waals surface area contributed by atoms with Gasteiger partial charge in [0.05, 0.1) is 5.56 Å². The molecule has 126 valence electrons. The molecule has 0 aliphatic heterocycles. The van der Waals surface area contributed by atoms with E-state index in [1.165, 1.54) is 31.2 Å². The van der Waals surface area contributed by atoms with Crippen LogP contribution in [0.3, 0.4) is 0 Å². The number of carbonyl (C=O) groups excluding carboxylic acids is 2. The highest BCUT2D eigenvalue weighted by Gasteiger charge is 2.17. The number of primary amides is 1. The Bertz CT molecular complexity index is 765. The molecule has 2 aromatic carbocycles. The highest BCUT2D eigenvalue weighted by molar-refractivity contribution is 5.97. The molecule has 0 heterocycles. The first-order valence-corrected chi connectivity index (χ1v) is 7.14. The van der Waals surface area contributed by atoms with Gasteiger partial charge in [-0.05, 0) is 36.8 Å². The third kappa shape index (κ3) is 4.52. The summed E-state index contributed by atoms with van der Waals surface area (Å²) in [7, 11) is 0. The van der Waals surface area contributed by atoms with Gasteiger partial charge in [-0.15, -0.1) is 0 Å². The number of hydrogen-bond donors (Lipinski definition) is 2. The Balaban J connectivity index is 2.03. The summed E-state index contributed by atoms with van der Waals surface area (Å²) >= 11 is 0. The number of amides is 2. The lowest BCUT2D eigenvalue weighted by Gasteiger charge is -2.12. The third-order valence-electron chi connectivity index (χ3n) is 3.25. The van der Waals surface area contributed by atoms with Gasteiger partial charge in [-0.25, -0.2) is 8.78 Å². The fraction of sp³-hybridized carbons (Fsp3) is 0.176. The summed E-state index contributed by atoms with van der Waals surface area (Å²) in [5.41, 5.74) is 5.39. The molecule has 0 saturated heterocycles. The zero-order valence-corrected chi connectivity index (χ0v) is 12.9. The Morgan fingerprint density at radius 2 is 1.96 bits per heavy atom. The summed E-state index contributed by atoms with van der Waals surface area (Å²) in [4.78, 5) is 22.8. The maximum atomic E-state index is 14.0. The molecule has 0 bridgehead atoms. The second-order valence-corrected chi connectivity index (χ2v) is 5.16. The van der Waals surface area contributed by atoms with E-state index in [1.54, 1.807) is 12.1 Å². The zero-order chi connectivity index (χ0) is 17.7. The van der Waals surface area contributed by atoms with E-state index in [0.717, 1.165) is 6.07 Å². The van der Waals surface area contributed by atoms with Crippen molar-refractivity contribution < 1.29 is 23.1 Å². The van der Waals surface area contributed by atoms with Crippen LogP contribution in [0, 0.1) is 11.6 Å². The van der Waals surface area contributed by atoms with Gasteiger partial charge in [0.1, 0.15) is 30.0 Å². The van der Waals surface area contributed by atoms with Gasteiger partial charge in [-0.2, -0.15) is 0 Å². The maximum Gasteiger partial charge on any atom is 0.254 e. The minimum absolute atomic E-state index is 0.0570. The molecule has 5 nitrogen and oxygen atoms in total. The van der Waals surface area contributed by atoms with E-state index in [0.29, 0.717) is 5.56 Å². The van der Waals surface area contributed by atoms with Gasteiger partial charge in [0, 0.05) is 6.07 Å². The molecule has 0 aromatic heterocycles. The molecule has 2 rings (SSSR count). The van der Waals surface area contributed by atoms with Crippen LogP contribution in [-0.2, 0) is 11.4 Å². The Hall–Kier alpha value is -2.96. The predicted octanol–water partition coefficient (Wildman–Crippen LogP) is 2.15. The van der Waals surface area contributed by atoms with Crippen LogP contribution < -0.4 is 15.8 Å². The maximum absolute atomic E-state index is 14.0. The van der Waals surface area contributed by atoms with Crippen molar-refractivity contribution in [2.24, 2.45) is 5.73 Å². The van der Waals surface area contributed by atoms with Gasteiger partial charge in [-0.3, -0.25) is 9.59 Å². The minimum Gasteiger partial charge on any atom is -0.489 e. The van der Waals surface area contributed by atoms with E-state index < -0.39 is 29.5 Å². The van der Waals surface area contributed by atoms with Crippen molar-refractivity contribution in [3.63, 3.8) is 0 Å². The lowest BCUT2D eigenvalue weighted by atomic mass is 10.1. The summed E-state index contributed by atoms with van der Waals surface area (Å²) in [5, 5.41) is 2.28. The largest absolute Gasteiger partial charge is 0.489 e. The molecule has 0 spiro atoms. The number of halogens is 2. The van der Waals surface area contributed by atoms with Crippen molar-refractivity contribution >= 4 is 11.8 Å². The minimum atomic E-state index is -0.916. The predicted molar refractivity (Wildman–Crippen MR) is 83.3 cm³/mol. The molecular weight excluding hydrogens is 318 g/mol. The number of nitrogens with one attached hydrogen (secondary N) is 1. The van der Waals surface area contributed by atoms with Crippen molar-refractivity contribution in [1.82, 2.24) is 5.32 Å². The Morgan fingerprint density at radius 1 is 1.21 bits per heavy atom. The fourth-order valence-corrected chi connectivity index (χ4v) is 1.91. The van der Waals surface area contributed by atoms with Crippen LogP contribution in [0.4, 0.5) is 8.78 Å². The number of ether oxygens (including phenoxy) is 1. The van der Waals surface area contributed by atoms with Gasteiger partial charge >= 0.3 is 0 Å². The second-order valence-electron chi connectivity index (χ2n) is 5.16. The molecule has 7 heteroatoms. The number of rotatable bonds is 6. The molecular formula is C17H16F2N2O3. The fourth-order valence-electron chi connectivity index (χ4n) is 1.91. The molecule has 0 aliphatic carbocycles. The van der Waals surface area contributed by atoms with Crippen LogP contribution in [0.25, 0.3) is 0 Å². The van der Waals surface area contributed by atoms with Crippen molar-refractivity contribution in [2.75, 3.05) is 0 Å². The normalized spacial score (nSPS) is 11.6. The summed E-state index contributed by atoms with van der Waals surface area (Å²) in [6, 6.07) is 8.61. The molecule has 1 atom stereocenters. The van der Waals surface area contributed by atoms with E-state index in [1.807, 2.05) is 0 Å². The van der Waals surface area contributed by atoms with Gasteiger partial charge in [0.2, 0.25) is 5.91 Å². The summed E-state index contributed by atoms with van der Waals surface area (Å²) in [6.45, 7) is 1.45. The van der Waals surface area contributed by atoms with E-state index in [4.69, 9.17) is 10.5 Å². The Kier molecular flexibility index (Phi) is 5.47. The number of hydrogen-bond acceptors (Lipinski definition) is 3. The molecule has 2 aromatic rings. The standard InChI is InChI=1S/C17H16F2N2O3/c1-10(16(20)22)21-17(23)14-6-5-13(8-15(14)19)24-9-11-3-2-4-12(18)7-11/h2-8,10H,9H2,1H3,(H2,20,22)(H,21,23)/t10-/m0/s1. The van der Waals surface area contributed by atoms with Crippen molar-refractivity contribution in [3.05, 3.63) is 65.2 Å². The van der Waals surface area contributed by atoms with Gasteiger partial charge in [0.15, 0.2) is 0 Å². The average Bonchev–Trinajstić information content (AvgIpc) is 2.52. The second kappa shape index (κ2) is 7.54. The Labute approximate surface area is 137 Å². The van der Waals surface area contributed by atoms with Gasteiger partial charge in [-0.1, -0.05) is 12.1 Å². The van der Waals surface area contributed by atoms with Crippen LogP contribution >= 0.6 is 0 Å². The molecule has 0 aliphatic rings. The molecule has 0 fully saturated rings. The quantitative estimate of drug-likeness (QED) is 0.849. The van der Waals surface area contributed by atoms with Crippen LogP contribution in [0.15, 0.2) is 42.5 Å². The van der Waals surface area contributed by atoms with Crippen molar-refractivity contribution in [2.45, 2.75) is 19.6 Å². The summed E-state index contributed by atoms with van der Waals surface area (Å²) < 4.78 is 32.5. The first kappa shape index (κ1) is 17.4. The van der Waals surface area contributed by atoms with E-state index >= 15 is 0 Å². The zero-order valence-electron chi connectivity index (χ0n) is 12.9.